The first-order valence-electron chi connectivity index (χ1n) is 9.06. The van der Waals surface area contributed by atoms with E-state index in [0.29, 0.717) is 12.2 Å². The summed E-state index contributed by atoms with van der Waals surface area (Å²) in [5.74, 6) is -0.715. The Kier molecular flexibility index (Phi) is 11.2. The number of carbonyl (C=O) groups is 1. The smallest absolute Gasteiger partial charge is 0.303 e. The lowest BCUT2D eigenvalue weighted by Gasteiger charge is -1.91. The summed E-state index contributed by atoms with van der Waals surface area (Å²) in [6.07, 6.45) is 23.8. The van der Waals surface area contributed by atoms with Crippen LogP contribution in [0.5, 0.6) is 0 Å². The Morgan fingerprint density at radius 3 is 2.22 bits per heavy atom. The molecule has 1 aliphatic rings. The summed E-state index contributed by atoms with van der Waals surface area (Å²) in [6.45, 7) is 2.23. The van der Waals surface area contributed by atoms with Crippen LogP contribution in [-0.2, 0) is 9.53 Å². The number of ether oxygens (including phenoxy) is 1. The van der Waals surface area contributed by atoms with E-state index in [1.54, 1.807) is 0 Å². The minimum Gasteiger partial charge on any atom is -0.481 e. The van der Waals surface area contributed by atoms with Crippen LogP contribution in [0.1, 0.15) is 71.1 Å². The molecule has 3 nitrogen and oxygen atoms in total. The van der Waals surface area contributed by atoms with Crippen molar-refractivity contribution >= 4 is 5.97 Å². The van der Waals surface area contributed by atoms with E-state index in [1.807, 2.05) is 0 Å². The zero-order chi connectivity index (χ0) is 16.8. The third kappa shape index (κ3) is 11.8. The summed E-state index contributed by atoms with van der Waals surface area (Å²) < 4.78 is 5.65. The van der Waals surface area contributed by atoms with E-state index in [4.69, 9.17) is 9.84 Å². The fourth-order valence-electron chi connectivity index (χ4n) is 2.44. The highest BCUT2D eigenvalue weighted by Gasteiger charge is 2.35. The van der Waals surface area contributed by atoms with Crippen molar-refractivity contribution in [2.45, 2.75) is 83.3 Å². The normalized spacial score (nSPS) is 20.9. The number of carboxylic acids is 1. The molecule has 0 aromatic heterocycles. The van der Waals surface area contributed by atoms with Gasteiger partial charge in [0, 0.05) is 6.42 Å². The van der Waals surface area contributed by atoms with Gasteiger partial charge in [0.05, 0.1) is 12.2 Å². The van der Waals surface area contributed by atoms with Crippen molar-refractivity contribution in [1.29, 1.82) is 0 Å². The molecule has 2 atom stereocenters. The molecule has 0 amide bonds. The second-order valence-corrected chi connectivity index (χ2v) is 6.12. The maximum Gasteiger partial charge on any atom is 0.303 e. The van der Waals surface area contributed by atoms with Gasteiger partial charge in [0.15, 0.2) is 0 Å². The van der Waals surface area contributed by atoms with Crippen LogP contribution in [0.4, 0.5) is 0 Å². The first-order valence-corrected chi connectivity index (χ1v) is 9.06. The van der Waals surface area contributed by atoms with Crippen molar-refractivity contribution < 1.29 is 14.6 Å². The first kappa shape index (κ1) is 19.7. The number of allylic oxidation sites excluding steroid dienone is 4. The molecule has 0 bridgehead atoms. The predicted octanol–water partition coefficient (Wildman–Crippen LogP) is 5.43. The van der Waals surface area contributed by atoms with E-state index >= 15 is 0 Å². The monoisotopic (exact) mass is 320 g/mol. The van der Waals surface area contributed by atoms with Crippen molar-refractivity contribution in [3.63, 3.8) is 0 Å². The molecule has 0 saturated carbocycles. The fourth-order valence-corrected chi connectivity index (χ4v) is 2.44. The number of rotatable bonds is 14. The molecule has 0 radical (unpaired) electrons. The Hall–Kier alpha value is -1.35. The zero-order valence-electron chi connectivity index (χ0n) is 14.5. The van der Waals surface area contributed by atoms with Gasteiger partial charge in [-0.1, -0.05) is 56.2 Å². The summed E-state index contributed by atoms with van der Waals surface area (Å²) in [7, 11) is 0. The van der Waals surface area contributed by atoms with Gasteiger partial charge in [0.2, 0.25) is 0 Å². The van der Waals surface area contributed by atoms with Gasteiger partial charge in [-0.2, -0.15) is 0 Å². The van der Waals surface area contributed by atoms with Crippen LogP contribution in [0.25, 0.3) is 0 Å². The minimum atomic E-state index is -0.715. The van der Waals surface area contributed by atoms with E-state index in [-0.39, 0.29) is 6.42 Å². The van der Waals surface area contributed by atoms with Crippen LogP contribution in [0, 0.1) is 0 Å². The summed E-state index contributed by atoms with van der Waals surface area (Å²) in [5.41, 5.74) is 0. The van der Waals surface area contributed by atoms with Crippen molar-refractivity contribution in [2.24, 2.45) is 0 Å². The molecule has 0 aromatic carbocycles. The SMILES string of the molecule is CCCCC/C=C/CC1OC1C/C=C/C/C=C/CCCC(=O)O. The minimum absolute atomic E-state index is 0.258. The van der Waals surface area contributed by atoms with Gasteiger partial charge < -0.3 is 9.84 Å². The Balaban J connectivity index is 1.92. The van der Waals surface area contributed by atoms with Crippen molar-refractivity contribution in [2.75, 3.05) is 0 Å². The van der Waals surface area contributed by atoms with Crippen molar-refractivity contribution in [3.8, 4) is 0 Å². The van der Waals surface area contributed by atoms with Crippen molar-refractivity contribution in [1.82, 2.24) is 0 Å². The second kappa shape index (κ2) is 13.1. The molecular formula is C20H32O3. The molecule has 3 heteroatoms. The van der Waals surface area contributed by atoms with E-state index < -0.39 is 5.97 Å². The molecule has 0 spiro atoms. The van der Waals surface area contributed by atoms with Gasteiger partial charge >= 0.3 is 5.97 Å². The lowest BCUT2D eigenvalue weighted by molar-refractivity contribution is -0.137. The molecule has 1 saturated heterocycles. The average Bonchev–Trinajstić information content (AvgIpc) is 3.27. The quantitative estimate of drug-likeness (QED) is 0.264. The lowest BCUT2D eigenvalue weighted by atomic mass is 10.1. The van der Waals surface area contributed by atoms with Gasteiger partial charge in [-0.15, -0.1) is 0 Å². The number of aliphatic carboxylic acids is 1. The van der Waals surface area contributed by atoms with Crippen molar-refractivity contribution in [3.05, 3.63) is 36.5 Å². The van der Waals surface area contributed by atoms with E-state index in [9.17, 15) is 4.79 Å². The molecule has 0 aromatic rings. The third-order valence-corrected chi connectivity index (χ3v) is 3.93. The van der Waals surface area contributed by atoms with Gasteiger partial charge in [-0.3, -0.25) is 4.79 Å². The van der Waals surface area contributed by atoms with Gasteiger partial charge in [-0.05, 0) is 44.9 Å². The maximum atomic E-state index is 10.3. The summed E-state index contributed by atoms with van der Waals surface area (Å²) in [6, 6.07) is 0. The average molecular weight is 320 g/mol. The summed E-state index contributed by atoms with van der Waals surface area (Å²) in [4.78, 5) is 10.3. The lowest BCUT2D eigenvalue weighted by Crippen LogP contribution is -1.92. The molecule has 1 rings (SSSR count). The third-order valence-electron chi connectivity index (χ3n) is 3.93. The Bertz CT molecular complexity index is 396. The number of hydrogen-bond donors (Lipinski definition) is 1. The zero-order valence-corrected chi connectivity index (χ0v) is 14.5. The van der Waals surface area contributed by atoms with Gasteiger partial charge in [0.1, 0.15) is 0 Å². The molecule has 1 N–H and O–H groups in total. The molecule has 23 heavy (non-hydrogen) atoms. The Morgan fingerprint density at radius 2 is 1.52 bits per heavy atom. The van der Waals surface area contributed by atoms with E-state index in [0.717, 1.165) is 32.1 Å². The highest BCUT2D eigenvalue weighted by Crippen LogP contribution is 2.29. The first-order chi connectivity index (χ1) is 11.2. The number of epoxide rings is 1. The van der Waals surface area contributed by atoms with Crippen LogP contribution >= 0.6 is 0 Å². The second-order valence-electron chi connectivity index (χ2n) is 6.12. The predicted molar refractivity (Wildman–Crippen MR) is 95.6 cm³/mol. The molecule has 1 fully saturated rings. The van der Waals surface area contributed by atoms with Crippen LogP contribution in [0.2, 0.25) is 0 Å². The molecule has 130 valence electrons. The number of hydrogen-bond acceptors (Lipinski definition) is 2. The summed E-state index contributed by atoms with van der Waals surface area (Å²) >= 11 is 0. The van der Waals surface area contributed by atoms with Gasteiger partial charge in [-0.25, -0.2) is 0 Å². The standard InChI is InChI=1S/C20H32O3/c1-2-3-4-5-9-12-15-18-19(23-18)16-13-10-7-6-8-11-14-17-20(21)22/h6,8-10,12-13,18-19H,2-5,7,11,14-17H2,1H3,(H,21,22)/b8-6+,12-9+,13-10+. The molecule has 1 heterocycles. The largest absolute Gasteiger partial charge is 0.481 e. The van der Waals surface area contributed by atoms with Gasteiger partial charge in [0.25, 0.3) is 0 Å². The molecule has 1 aliphatic heterocycles. The van der Waals surface area contributed by atoms with E-state index in [1.165, 1.54) is 25.7 Å². The molecule has 0 aliphatic carbocycles. The number of unbranched alkanes of at least 4 members (excludes halogenated alkanes) is 4. The highest BCUT2D eigenvalue weighted by molar-refractivity contribution is 5.66. The van der Waals surface area contributed by atoms with Crippen LogP contribution in [-0.4, -0.2) is 23.3 Å². The fraction of sp³-hybridized carbons (Fsp3) is 0.650. The topological polar surface area (TPSA) is 49.8 Å². The molecular weight excluding hydrogens is 288 g/mol. The van der Waals surface area contributed by atoms with E-state index in [2.05, 4.69) is 43.4 Å². The van der Waals surface area contributed by atoms with Crippen LogP contribution < -0.4 is 0 Å². The highest BCUT2D eigenvalue weighted by atomic mass is 16.6. The van der Waals surface area contributed by atoms with Crippen LogP contribution in [0.15, 0.2) is 36.5 Å². The Labute approximate surface area is 141 Å². The van der Waals surface area contributed by atoms with Crippen LogP contribution in [0.3, 0.4) is 0 Å². The Morgan fingerprint density at radius 1 is 0.913 bits per heavy atom. The number of carboxylic acid groups (broad SMARTS) is 1. The molecule has 2 unspecified atom stereocenters. The maximum absolute atomic E-state index is 10.3. The summed E-state index contributed by atoms with van der Waals surface area (Å²) in [5, 5.41) is 8.52.